The maximum Gasteiger partial charge on any atom is 0.407 e. The average Bonchev–Trinajstić information content (AvgIpc) is 3.29. The van der Waals surface area contributed by atoms with E-state index >= 15 is 0 Å². The molecular weight excluding hydrogens is 590 g/mol. The van der Waals surface area contributed by atoms with Gasteiger partial charge in [-0.2, -0.15) is 0 Å². The maximum absolute atomic E-state index is 13.7. The van der Waals surface area contributed by atoms with Crippen molar-refractivity contribution in [3.63, 3.8) is 0 Å². The summed E-state index contributed by atoms with van der Waals surface area (Å²) in [5, 5.41) is 3.24. The van der Waals surface area contributed by atoms with Crippen LogP contribution in [0.1, 0.15) is 58.3 Å². The molecule has 43 heavy (non-hydrogen) atoms. The number of aliphatic imine (C=N–C) groups is 1. The number of likely N-dealkylation sites (tertiary alicyclic amines) is 1. The molecule has 1 heterocycles. The second-order valence-corrected chi connectivity index (χ2v) is 13.0. The van der Waals surface area contributed by atoms with E-state index in [-0.39, 0.29) is 35.7 Å². The quantitative estimate of drug-likeness (QED) is 0.166. The second kappa shape index (κ2) is 15.8. The molecule has 2 unspecified atom stereocenters. The third kappa shape index (κ3) is 10.9. The van der Waals surface area contributed by atoms with Gasteiger partial charge in [0.05, 0.1) is 23.5 Å². The Morgan fingerprint density at radius 3 is 2.51 bits per heavy atom. The number of rotatable bonds is 12. The summed E-state index contributed by atoms with van der Waals surface area (Å²) >= 11 is 6.18. The van der Waals surface area contributed by atoms with Gasteiger partial charge in [-0.25, -0.2) is 18.2 Å². The van der Waals surface area contributed by atoms with Crippen LogP contribution in [-0.4, -0.2) is 74.6 Å². The first kappa shape index (κ1) is 35.6. The third-order valence-electron chi connectivity index (χ3n) is 6.99. The molecule has 236 valence electrons. The van der Waals surface area contributed by atoms with Crippen LogP contribution >= 0.6 is 11.6 Å². The molecule has 2 N–H and O–H groups in total. The van der Waals surface area contributed by atoms with Gasteiger partial charge in [-0.15, -0.1) is 0 Å². The van der Waals surface area contributed by atoms with E-state index in [2.05, 4.69) is 35.0 Å². The number of sulfonamides is 1. The Labute approximate surface area is 261 Å². The van der Waals surface area contributed by atoms with Gasteiger partial charge in [0.15, 0.2) is 0 Å². The summed E-state index contributed by atoms with van der Waals surface area (Å²) in [6.45, 7) is 20.8. The van der Waals surface area contributed by atoms with E-state index < -0.39 is 16.1 Å². The van der Waals surface area contributed by atoms with E-state index in [4.69, 9.17) is 21.3 Å². The fourth-order valence-electron chi connectivity index (χ4n) is 4.59. The van der Waals surface area contributed by atoms with Crippen molar-refractivity contribution in [1.82, 2.24) is 15.1 Å². The number of benzene rings is 1. The lowest BCUT2D eigenvalue weighted by molar-refractivity contribution is 0.0805. The highest BCUT2D eigenvalue weighted by Crippen LogP contribution is 2.26. The Morgan fingerprint density at radius 2 is 1.91 bits per heavy atom. The lowest BCUT2D eigenvalue weighted by atomic mass is 10.1. The van der Waals surface area contributed by atoms with Gasteiger partial charge in [0.25, 0.3) is 5.91 Å². The summed E-state index contributed by atoms with van der Waals surface area (Å²) in [7, 11) is -3.61. The fourth-order valence-corrected chi connectivity index (χ4v) is 5.34. The van der Waals surface area contributed by atoms with E-state index in [0.29, 0.717) is 35.8 Å². The van der Waals surface area contributed by atoms with Crippen LogP contribution < -0.4 is 10.0 Å². The largest absolute Gasteiger partial charge is 0.445 e. The first-order chi connectivity index (χ1) is 20.1. The molecule has 1 aliphatic rings. The predicted molar refractivity (Wildman–Crippen MR) is 175 cm³/mol. The van der Waals surface area contributed by atoms with E-state index in [1.54, 1.807) is 11.0 Å². The Hall–Kier alpha value is -3.57. The summed E-state index contributed by atoms with van der Waals surface area (Å²) < 4.78 is 31.4. The topological polar surface area (TPSA) is 120 Å². The molecule has 12 heteroatoms. The Bertz CT molecular complexity index is 1430. The number of hydrogen-bond donors (Lipinski definition) is 2. The second-order valence-electron chi connectivity index (χ2n) is 10.8. The molecule has 10 nitrogen and oxygen atoms in total. The molecular formula is C31H44ClN5O5S. The zero-order valence-corrected chi connectivity index (χ0v) is 27.7. The molecule has 2 atom stereocenters. The standard InChI is InChI=1S/C31H44ClN5O5S/c1-10-14-37(30(38)27-16-26(32)12-13-28(27)35-43(9,40)41)24(7)21(4)15-23(6)33-25(8)36-17-22(5)29(18-36)34-31(39)42-19-20(3)11-2/h11-13,15-16,22,29,35H,2-3,10,14,17-19H2,1,4-9H3,(H,34,39)/b23-15+,24-21-,33-25?. The van der Waals surface area contributed by atoms with E-state index in [9.17, 15) is 18.0 Å². The fraction of sp³-hybridized carbons (Fsp3) is 0.452. The number of hydrogen-bond acceptors (Lipinski definition) is 6. The summed E-state index contributed by atoms with van der Waals surface area (Å²) in [6.07, 6.45) is 4.68. The molecule has 0 saturated carbocycles. The third-order valence-corrected chi connectivity index (χ3v) is 7.82. The van der Waals surface area contributed by atoms with Crippen molar-refractivity contribution in [2.45, 2.75) is 54.0 Å². The SMILES string of the molecule is C=CC(=C)COC(=O)NC1CN(C(C)=N/C(C)=C/C(C)=C(/C)N(CCC)C(=O)c2cc(Cl)ccc2NS(C)(=O)=O)CC1C. The highest BCUT2D eigenvalue weighted by Gasteiger charge is 2.32. The molecule has 1 fully saturated rings. The minimum absolute atomic E-state index is 0.0926. The van der Waals surface area contributed by atoms with Crippen molar-refractivity contribution in [1.29, 1.82) is 0 Å². The highest BCUT2D eigenvalue weighted by molar-refractivity contribution is 7.92. The number of amidine groups is 1. The highest BCUT2D eigenvalue weighted by atomic mass is 35.5. The van der Waals surface area contributed by atoms with Gasteiger partial charge in [-0.05, 0) is 75.5 Å². The molecule has 0 spiro atoms. The smallest absolute Gasteiger partial charge is 0.407 e. The molecule has 1 aromatic carbocycles. The van der Waals surface area contributed by atoms with Crippen LogP contribution in [0.3, 0.4) is 0 Å². The van der Waals surface area contributed by atoms with Crippen molar-refractivity contribution >= 4 is 45.1 Å². The lowest BCUT2D eigenvalue weighted by Crippen LogP contribution is -2.40. The molecule has 1 aromatic rings. The summed E-state index contributed by atoms with van der Waals surface area (Å²) in [4.78, 5) is 34.4. The van der Waals surface area contributed by atoms with Gasteiger partial charge in [0.1, 0.15) is 12.4 Å². The number of amides is 2. The number of ether oxygens (including phenoxy) is 1. The number of nitrogens with one attached hydrogen (secondary N) is 2. The zero-order valence-electron chi connectivity index (χ0n) is 26.2. The first-order valence-corrected chi connectivity index (χ1v) is 16.3. The number of alkyl carbamates (subject to hydrolysis) is 1. The van der Waals surface area contributed by atoms with Crippen molar-refractivity contribution in [2.75, 3.05) is 37.2 Å². The Morgan fingerprint density at radius 1 is 1.23 bits per heavy atom. The molecule has 0 aromatic heterocycles. The minimum Gasteiger partial charge on any atom is -0.445 e. The molecule has 1 saturated heterocycles. The van der Waals surface area contributed by atoms with Crippen molar-refractivity contribution < 1.29 is 22.7 Å². The number of nitrogens with zero attached hydrogens (tertiary/aromatic N) is 3. The van der Waals surface area contributed by atoms with Crippen molar-refractivity contribution in [2.24, 2.45) is 10.9 Å². The number of carbonyl (C=O) groups excluding carboxylic acids is 2. The number of carbonyl (C=O) groups is 2. The van der Waals surface area contributed by atoms with Crippen molar-refractivity contribution in [3.8, 4) is 0 Å². The number of anilines is 1. The predicted octanol–water partition coefficient (Wildman–Crippen LogP) is 5.97. The van der Waals surface area contributed by atoms with Crippen LogP contribution in [0, 0.1) is 5.92 Å². The molecule has 2 rings (SSSR count). The van der Waals surface area contributed by atoms with Crippen LogP contribution in [0.5, 0.6) is 0 Å². The summed E-state index contributed by atoms with van der Waals surface area (Å²) in [6, 6.07) is 4.39. The van der Waals surface area contributed by atoms with Gasteiger partial charge >= 0.3 is 6.09 Å². The van der Waals surface area contributed by atoms with Crippen LogP contribution in [0.4, 0.5) is 10.5 Å². The minimum atomic E-state index is -3.61. The first-order valence-electron chi connectivity index (χ1n) is 14.0. The molecule has 2 amide bonds. The molecule has 1 aliphatic heterocycles. The zero-order chi connectivity index (χ0) is 32.5. The summed E-state index contributed by atoms with van der Waals surface area (Å²) in [5.74, 6) is 0.631. The van der Waals surface area contributed by atoms with Gasteiger partial charge in [0, 0.05) is 36.1 Å². The van der Waals surface area contributed by atoms with E-state index in [1.807, 2.05) is 40.7 Å². The van der Waals surface area contributed by atoms with E-state index in [0.717, 1.165) is 29.9 Å². The molecule has 0 bridgehead atoms. The van der Waals surface area contributed by atoms with Gasteiger partial charge in [-0.3, -0.25) is 9.52 Å². The van der Waals surface area contributed by atoms with Gasteiger partial charge in [-0.1, -0.05) is 44.7 Å². The molecule has 0 radical (unpaired) electrons. The monoisotopic (exact) mass is 633 g/mol. The van der Waals surface area contributed by atoms with Crippen LogP contribution in [0.25, 0.3) is 0 Å². The normalized spacial score (nSPS) is 18.1. The van der Waals surface area contributed by atoms with Gasteiger partial charge < -0.3 is 19.9 Å². The van der Waals surface area contributed by atoms with Crippen LogP contribution in [0.15, 0.2) is 71.0 Å². The number of allylic oxidation sites excluding steroid dienone is 4. The Balaban J connectivity index is 2.24. The number of halogens is 1. The van der Waals surface area contributed by atoms with E-state index in [1.165, 1.54) is 18.2 Å². The molecule has 0 aliphatic carbocycles. The van der Waals surface area contributed by atoms with Crippen LogP contribution in [-0.2, 0) is 14.8 Å². The van der Waals surface area contributed by atoms with Crippen molar-refractivity contribution in [3.05, 3.63) is 76.6 Å². The maximum atomic E-state index is 13.7. The lowest BCUT2D eigenvalue weighted by Gasteiger charge is -2.26. The average molecular weight is 634 g/mol. The Kier molecular flexibility index (Phi) is 13.1. The summed E-state index contributed by atoms with van der Waals surface area (Å²) in [5.41, 5.74) is 3.23. The van der Waals surface area contributed by atoms with Crippen LogP contribution in [0.2, 0.25) is 5.02 Å². The van der Waals surface area contributed by atoms with Gasteiger partial charge in [0.2, 0.25) is 10.0 Å².